The maximum Gasteiger partial charge on any atom is 0.174 e. The molecule has 1 aromatic carbocycles. The lowest BCUT2D eigenvalue weighted by Gasteiger charge is -2.08. The summed E-state index contributed by atoms with van der Waals surface area (Å²) in [7, 11) is 0. The van der Waals surface area contributed by atoms with Crippen molar-refractivity contribution in [2.45, 2.75) is 13.1 Å². The fraction of sp³-hybridized carbons (Fsp3) is 0.167. The molecule has 18 heavy (non-hydrogen) atoms. The highest BCUT2D eigenvalue weighted by molar-refractivity contribution is 6.33. The molecular weight excluding hydrogens is 271 g/mol. The first-order chi connectivity index (χ1) is 8.69. The average molecular weight is 283 g/mol. The zero-order valence-electron chi connectivity index (χ0n) is 9.53. The van der Waals surface area contributed by atoms with Crippen molar-refractivity contribution in [2.24, 2.45) is 5.73 Å². The minimum Gasteiger partial charge on any atom is -0.378 e. The van der Waals surface area contributed by atoms with E-state index < -0.39 is 0 Å². The Labute approximate surface area is 115 Å². The average Bonchev–Trinajstić information content (AvgIpc) is 2.40. The van der Waals surface area contributed by atoms with Crippen LogP contribution in [0.2, 0.25) is 10.3 Å². The summed E-state index contributed by atoms with van der Waals surface area (Å²) >= 11 is 11.7. The van der Waals surface area contributed by atoms with Crippen molar-refractivity contribution < 1.29 is 0 Å². The second-order valence-electron chi connectivity index (χ2n) is 3.75. The summed E-state index contributed by atoms with van der Waals surface area (Å²) in [5, 5.41) is 11.1. The van der Waals surface area contributed by atoms with Crippen LogP contribution in [0.3, 0.4) is 0 Å². The first-order valence-electron chi connectivity index (χ1n) is 5.39. The van der Waals surface area contributed by atoms with E-state index in [1.54, 1.807) is 6.07 Å². The Morgan fingerprint density at radius 2 is 1.72 bits per heavy atom. The molecule has 0 saturated heterocycles. The third-order valence-electron chi connectivity index (χ3n) is 2.46. The van der Waals surface area contributed by atoms with E-state index in [2.05, 4.69) is 15.5 Å². The standard InChI is InChI=1S/C12H12Cl2N4/c13-11-5-10(12(14)18-17-11)16-7-9-3-1-8(6-15)2-4-9/h1-5H,6-7,15H2,(H,16,17). The van der Waals surface area contributed by atoms with Crippen LogP contribution in [0.1, 0.15) is 11.1 Å². The normalized spacial score (nSPS) is 10.4. The van der Waals surface area contributed by atoms with Crippen LogP contribution in [0.15, 0.2) is 30.3 Å². The van der Waals surface area contributed by atoms with Crippen molar-refractivity contribution in [1.29, 1.82) is 0 Å². The lowest BCUT2D eigenvalue weighted by molar-refractivity contribution is 1.02. The highest BCUT2D eigenvalue weighted by atomic mass is 35.5. The molecule has 0 unspecified atom stereocenters. The van der Waals surface area contributed by atoms with Gasteiger partial charge in [0.25, 0.3) is 0 Å². The summed E-state index contributed by atoms with van der Waals surface area (Å²) in [4.78, 5) is 0. The zero-order chi connectivity index (χ0) is 13.0. The van der Waals surface area contributed by atoms with Crippen molar-refractivity contribution in [3.63, 3.8) is 0 Å². The number of halogens is 2. The number of hydrogen-bond donors (Lipinski definition) is 2. The summed E-state index contributed by atoms with van der Waals surface area (Å²) < 4.78 is 0. The Hall–Kier alpha value is -1.36. The fourth-order valence-electron chi connectivity index (χ4n) is 1.47. The van der Waals surface area contributed by atoms with Gasteiger partial charge < -0.3 is 11.1 Å². The smallest absolute Gasteiger partial charge is 0.174 e. The van der Waals surface area contributed by atoms with Crippen LogP contribution < -0.4 is 11.1 Å². The minimum atomic E-state index is 0.304. The van der Waals surface area contributed by atoms with Crippen molar-refractivity contribution in [3.8, 4) is 0 Å². The highest BCUT2D eigenvalue weighted by Gasteiger charge is 2.03. The Bertz CT molecular complexity index is 528. The van der Waals surface area contributed by atoms with Crippen LogP contribution in [-0.4, -0.2) is 10.2 Å². The monoisotopic (exact) mass is 282 g/mol. The van der Waals surface area contributed by atoms with Gasteiger partial charge in [0, 0.05) is 19.2 Å². The molecule has 0 radical (unpaired) electrons. The van der Waals surface area contributed by atoms with Gasteiger partial charge in [-0.05, 0) is 11.1 Å². The van der Waals surface area contributed by atoms with Gasteiger partial charge in [-0.3, -0.25) is 0 Å². The van der Waals surface area contributed by atoms with E-state index >= 15 is 0 Å². The van der Waals surface area contributed by atoms with Crippen LogP contribution in [0.5, 0.6) is 0 Å². The lowest BCUT2D eigenvalue weighted by Crippen LogP contribution is -2.02. The molecule has 2 aromatic rings. The molecule has 0 bridgehead atoms. The molecule has 6 heteroatoms. The maximum atomic E-state index is 5.90. The minimum absolute atomic E-state index is 0.304. The third-order valence-corrected chi connectivity index (χ3v) is 2.92. The molecule has 0 saturated carbocycles. The molecule has 2 rings (SSSR count). The van der Waals surface area contributed by atoms with Gasteiger partial charge in [0.1, 0.15) is 0 Å². The SMILES string of the molecule is NCc1ccc(CNc2cc(Cl)nnc2Cl)cc1. The highest BCUT2D eigenvalue weighted by Crippen LogP contribution is 2.21. The van der Waals surface area contributed by atoms with Gasteiger partial charge in [0.2, 0.25) is 0 Å². The molecule has 1 aromatic heterocycles. The van der Waals surface area contributed by atoms with Crippen LogP contribution >= 0.6 is 23.2 Å². The Morgan fingerprint density at radius 1 is 1.06 bits per heavy atom. The summed E-state index contributed by atoms with van der Waals surface area (Å²) in [5.41, 5.74) is 8.43. The Balaban J connectivity index is 2.04. The van der Waals surface area contributed by atoms with E-state index in [-0.39, 0.29) is 0 Å². The topological polar surface area (TPSA) is 63.8 Å². The quantitative estimate of drug-likeness (QED) is 0.905. The second kappa shape index (κ2) is 6.00. The largest absolute Gasteiger partial charge is 0.378 e. The van der Waals surface area contributed by atoms with Gasteiger partial charge >= 0.3 is 0 Å². The first kappa shape index (κ1) is 13.1. The van der Waals surface area contributed by atoms with Gasteiger partial charge in [-0.25, -0.2) is 0 Å². The lowest BCUT2D eigenvalue weighted by atomic mass is 10.1. The molecule has 0 amide bonds. The van der Waals surface area contributed by atoms with Gasteiger partial charge in [0.05, 0.1) is 5.69 Å². The van der Waals surface area contributed by atoms with Gasteiger partial charge in [0.15, 0.2) is 10.3 Å². The van der Waals surface area contributed by atoms with Crippen molar-refractivity contribution in [1.82, 2.24) is 10.2 Å². The summed E-state index contributed by atoms with van der Waals surface area (Å²) in [6.07, 6.45) is 0. The first-order valence-corrected chi connectivity index (χ1v) is 6.15. The number of anilines is 1. The number of hydrogen-bond acceptors (Lipinski definition) is 4. The summed E-state index contributed by atoms with van der Waals surface area (Å²) in [5.74, 6) is 0. The van der Waals surface area contributed by atoms with Gasteiger partial charge in [-0.2, -0.15) is 0 Å². The van der Waals surface area contributed by atoms with E-state index in [0.29, 0.717) is 29.1 Å². The van der Waals surface area contributed by atoms with Gasteiger partial charge in [-0.1, -0.05) is 47.5 Å². The number of nitrogens with zero attached hydrogens (tertiary/aromatic N) is 2. The fourth-order valence-corrected chi connectivity index (χ4v) is 1.77. The number of aromatic nitrogens is 2. The number of nitrogens with two attached hydrogens (primary N) is 1. The Kier molecular flexibility index (Phi) is 4.36. The van der Waals surface area contributed by atoms with E-state index in [4.69, 9.17) is 28.9 Å². The molecule has 1 heterocycles. The predicted octanol–water partition coefficient (Wildman–Crippen LogP) is 2.85. The van der Waals surface area contributed by atoms with E-state index in [1.807, 2.05) is 24.3 Å². The molecule has 94 valence electrons. The van der Waals surface area contributed by atoms with Crippen LogP contribution in [0.25, 0.3) is 0 Å². The van der Waals surface area contributed by atoms with Crippen molar-refractivity contribution in [3.05, 3.63) is 51.8 Å². The van der Waals surface area contributed by atoms with Crippen molar-refractivity contribution in [2.75, 3.05) is 5.32 Å². The summed E-state index contributed by atoms with van der Waals surface area (Å²) in [6, 6.07) is 9.66. The molecule has 3 N–H and O–H groups in total. The van der Waals surface area contributed by atoms with E-state index in [9.17, 15) is 0 Å². The molecule has 0 aliphatic carbocycles. The number of nitrogens with one attached hydrogen (secondary N) is 1. The van der Waals surface area contributed by atoms with Gasteiger partial charge in [-0.15, -0.1) is 10.2 Å². The molecule has 4 nitrogen and oxygen atoms in total. The second-order valence-corrected chi connectivity index (χ2v) is 4.49. The number of benzene rings is 1. The van der Waals surface area contributed by atoms with E-state index in [1.165, 1.54) is 0 Å². The predicted molar refractivity (Wildman–Crippen MR) is 73.7 cm³/mol. The van der Waals surface area contributed by atoms with Crippen molar-refractivity contribution >= 4 is 28.9 Å². The third kappa shape index (κ3) is 3.32. The van der Waals surface area contributed by atoms with Crippen LogP contribution in [0, 0.1) is 0 Å². The molecular formula is C12H12Cl2N4. The van der Waals surface area contributed by atoms with Crippen LogP contribution in [0.4, 0.5) is 5.69 Å². The maximum absolute atomic E-state index is 5.90. The summed E-state index contributed by atoms with van der Waals surface area (Å²) in [6.45, 7) is 1.18. The number of rotatable bonds is 4. The van der Waals surface area contributed by atoms with Crippen LogP contribution in [-0.2, 0) is 13.1 Å². The molecule has 0 spiro atoms. The molecule has 0 fully saturated rings. The molecule has 0 aliphatic rings. The van der Waals surface area contributed by atoms with E-state index in [0.717, 1.165) is 11.1 Å². The zero-order valence-corrected chi connectivity index (χ0v) is 11.0. The molecule has 0 atom stereocenters. The molecule has 0 aliphatic heterocycles. The Morgan fingerprint density at radius 3 is 2.39 bits per heavy atom.